The number of benzene rings is 1. The molecule has 0 bridgehead atoms. The fourth-order valence-electron chi connectivity index (χ4n) is 1.09. The van der Waals surface area contributed by atoms with Crippen molar-refractivity contribution in [3.63, 3.8) is 0 Å². The van der Waals surface area contributed by atoms with Crippen LogP contribution < -0.4 is 23.7 Å². The van der Waals surface area contributed by atoms with Crippen molar-refractivity contribution in [3.8, 4) is 0 Å². The fourth-order valence-corrected chi connectivity index (χ4v) is 1.55. The Bertz CT molecular complexity index is 553. The first-order valence-corrected chi connectivity index (χ1v) is 5.31. The van der Waals surface area contributed by atoms with Crippen molar-refractivity contribution in [1.29, 1.82) is 0 Å². The number of halogens is 3. The lowest BCUT2D eigenvalue weighted by Crippen LogP contribution is -3.00. The molecule has 0 saturated heterocycles. The van der Waals surface area contributed by atoms with Crippen LogP contribution in [0.3, 0.4) is 0 Å². The molecule has 0 aliphatic rings. The van der Waals surface area contributed by atoms with E-state index in [2.05, 4.69) is 20.7 Å². The molecule has 6 nitrogen and oxygen atoms in total. The maximum atomic E-state index is 5.96. The number of aromatic nitrogens is 3. The van der Waals surface area contributed by atoms with Crippen LogP contribution in [0.5, 0.6) is 0 Å². The second kappa shape index (κ2) is 6.44. The highest BCUT2D eigenvalue weighted by molar-refractivity contribution is 6.36. The maximum Gasteiger partial charge on any atom is 0.263 e. The van der Waals surface area contributed by atoms with Crippen LogP contribution in [0.25, 0.3) is 0 Å². The summed E-state index contributed by atoms with van der Waals surface area (Å²) in [6.07, 6.45) is 2.89. The van der Waals surface area contributed by atoms with Crippen molar-refractivity contribution in [2.45, 2.75) is 0 Å². The number of nitrogen functional groups attached to an aromatic ring is 1. The van der Waals surface area contributed by atoms with Gasteiger partial charge in [0.2, 0.25) is 0 Å². The first kappa shape index (κ1) is 14.6. The molecule has 0 unspecified atom stereocenters. The smallest absolute Gasteiger partial charge is 0.263 e. The summed E-state index contributed by atoms with van der Waals surface area (Å²) < 4.78 is 1.21. The van der Waals surface area contributed by atoms with E-state index in [9.17, 15) is 0 Å². The topological polar surface area (TPSA) is 81.1 Å². The van der Waals surface area contributed by atoms with E-state index in [1.54, 1.807) is 18.2 Å². The minimum absolute atomic E-state index is 0. The monoisotopic (exact) mass is 305 g/mol. The Balaban J connectivity index is 0.00000162. The minimum atomic E-state index is 0. The van der Waals surface area contributed by atoms with E-state index >= 15 is 0 Å². The fraction of sp³-hybridized carbons (Fsp3) is 0. The molecule has 18 heavy (non-hydrogen) atoms. The average molecular weight is 307 g/mol. The molecule has 1 aromatic carbocycles. The van der Waals surface area contributed by atoms with Gasteiger partial charge >= 0.3 is 0 Å². The summed E-state index contributed by atoms with van der Waals surface area (Å²) in [7, 11) is 0. The van der Waals surface area contributed by atoms with Gasteiger partial charge in [0.1, 0.15) is 6.33 Å². The molecule has 3 N–H and O–H groups in total. The third-order valence-electron chi connectivity index (χ3n) is 1.90. The van der Waals surface area contributed by atoms with E-state index in [-0.39, 0.29) is 12.4 Å². The number of hydrazone groups is 1. The van der Waals surface area contributed by atoms with Gasteiger partial charge in [0.05, 0.1) is 11.2 Å². The first-order valence-electron chi connectivity index (χ1n) is 4.56. The van der Waals surface area contributed by atoms with Gasteiger partial charge in [-0.3, -0.25) is 0 Å². The highest BCUT2D eigenvalue weighted by Gasteiger charge is 1.99. The average Bonchev–Trinajstić information content (AvgIpc) is 2.68. The van der Waals surface area contributed by atoms with Gasteiger partial charge in [-0.15, -0.1) is 10.2 Å². The molecule has 1 aromatic heterocycles. The maximum absolute atomic E-state index is 5.96. The van der Waals surface area contributed by atoms with Gasteiger partial charge < -0.3 is 18.2 Å². The van der Waals surface area contributed by atoms with Gasteiger partial charge in [0, 0.05) is 10.6 Å². The van der Waals surface area contributed by atoms with Crippen LogP contribution in [-0.4, -0.2) is 21.1 Å². The van der Waals surface area contributed by atoms with Crippen LogP contribution in [0.2, 0.25) is 10.0 Å². The van der Waals surface area contributed by atoms with Crippen molar-refractivity contribution in [1.82, 2.24) is 14.9 Å². The van der Waals surface area contributed by atoms with Crippen LogP contribution in [-0.2, 0) is 0 Å². The van der Waals surface area contributed by atoms with E-state index in [4.69, 9.17) is 29.0 Å². The van der Waals surface area contributed by atoms with Crippen molar-refractivity contribution in [2.75, 3.05) is 11.3 Å². The highest BCUT2D eigenvalue weighted by Crippen LogP contribution is 2.19. The number of nitrogens with two attached hydrogens (primary N) is 1. The van der Waals surface area contributed by atoms with Crippen LogP contribution in [0, 0.1) is 0 Å². The van der Waals surface area contributed by atoms with Gasteiger partial charge in [0.15, 0.2) is 0 Å². The molecule has 96 valence electrons. The molecule has 0 aliphatic heterocycles. The third-order valence-corrected chi connectivity index (χ3v) is 2.47. The minimum Gasteiger partial charge on any atom is -1.00 e. The van der Waals surface area contributed by atoms with Crippen LogP contribution in [0.4, 0.5) is 5.95 Å². The predicted octanol–water partition coefficient (Wildman–Crippen LogP) is -1.25. The Kier molecular flexibility index (Phi) is 5.21. The molecule has 1 heterocycles. The molecule has 9 heteroatoms. The van der Waals surface area contributed by atoms with Gasteiger partial charge in [-0.1, -0.05) is 29.3 Å². The summed E-state index contributed by atoms with van der Waals surface area (Å²) in [5.41, 5.74) is 3.35. The number of nitrogens with zero attached hydrogens (tertiary/aromatic N) is 4. The summed E-state index contributed by atoms with van der Waals surface area (Å²) >= 11 is 11.7. The molecular formula is C9H8Cl3N6-. The zero-order valence-electron chi connectivity index (χ0n) is 8.89. The molecule has 0 amide bonds. The molecule has 0 saturated carbocycles. The Morgan fingerprint density at radius 3 is 2.78 bits per heavy atom. The largest absolute Gasteiger partial charge is 1.00 e. The SMILES string of the molecule is Nn1cnnc1NN=Cc1ccc(Cl)cc1Cl.[Cl-]. The van der Waals surface area contributed by atoms with Crippen molar-refractivity contribution in [2.24, 2.45) is 5.10 Å². The van der Waals surface area contributed by atoms with E-state index < -0.39 is 0 Å². The lowest BCUT2D eigenvalue weighted by atomic mass is 10.2. The third kappa shape index (κ3) is 3.49. The number of hydrogen-bond donors (Lipinski definition) is 2. The number of rotatable bonds is 3. The predicted molar refractivity (Wildman–Crippen MR) is 67.9 cm³/mol. The first-order chi connectivity index (χ1) is 8.16. The van der Waals surface area contributed by atoms with Crippen molar-refractivity contribution >= 4 is 35.4 Å². The summed E-state index contributed by atoms with van der Waals surface area (Å²) in [4.78, 5) is 0. The van der Waals surface area contributed by atoms with Gasteiger partial charge in [-0.25, -0.2) is 10.1 Å². The van der Waals surface area contributed by atoms with E-state index in [0.717, 1.165) is 5.56 Å². The lowest BCUT2D eigenvalue weighted by molar-refractivity contribution is -0.00000337. The summed E-state index contributed by atoms with van der Waals surface area (Å²) in [6, 6.07) is 5.11. The Labute approximate surface area is 119 Å². The molecule has 0 fully saturated rings. The lowest BCUT2D eigenvalue weighted by Gasteiger charge is -1.99. The number of nitrogens with one attached hydrogen (secondary N) is 1. The standard InChI is InChI=1S/C9H8Cl2N6.ClH/c10-7-2-1-6(8(11)3-7)4-13-15-9-16-14-5-17(9)12;/h1-5H,12H2,(H,15,16);1H/p-1. The van der Waals surface area contributed by atoms with Crippen molar-refractivity contribution in [3.05, 3.63) is 40.1 Å². The number of anilines is 1. The van der Waals surface area contributed by atoms with Gasteiger partial charge in [-0.05, 0) is 12.1 Å². The van der Waals surface area contributed by atoms with E-state index in [1.165, 1.54) is 17.2 Å². The van der Waals surface area contributed by atoms with E-state index in [1.807, 2.05) is 0 Å². The number of hydrogen-bond acceptors (Lipinski definition) is 5. The molecule has 0 radical (unpaired) electrons. The summed E-state index contributed by atoms with van der Waals surface area (Å²) in [5, 5.41) is 12.3. The molecule has 0 atom stereocenters. The Hall–Kier alpha value is -1.50. The Morgan fingerprint density at radius 1 is 1.39 bits per heavy atom. The zero-order chi connectivity index (χ0) is 12.3. The van der Waals surface area contributed by atoms with Gasteiger partial charge in [0.25, 0.3) is 5.95 Å². The highest BCUT2D eigenvalue weighted by atomic mass is 35.5. The summed E-state index contributed by atoms with van der Waals surface area (Å²) in [6.45, 7) is 0. The quantitative estimate of drug-likeness (QED) is 0.422. The van der Waals surface area contributed by atoms with E-state index in [0.29, 0.717) is 16.0 Å². The second-order valence-electron chi connectivity index (χ2n) is 3.10. The molecule has 0 spiro atoms. The zero-order valence-corrected chi connectivity index (χ0v) is 11.2. The van der Waals surface area contributed by atoms with Crippen LogP contribution in [0.15, 0.2) is 29.6 Å². The summed E-state index contributed by atoms with van der Waals surface area (Å²) in [5.74, 6) is 5.81. The molecule has 0 aliphatic carbocycles. The molecule has 2 aromatic rings. The molecular weight excluding hydrogens is 298 g/mol. The van der Waals surface area contributed by atoms with Crippen molar-refractivity contribution < 1.29 is 12.4 Å². The molecule has 2 rings (SSSR count). The Morgan fingerprint density at radius 2 is 2.17 bits per heavy atom. The van der Waals surface area contributed by atoms with Gasteiger partial charge in [-0.2, -0.15) is 5.10 Å². The van der Waals surface area contributed by atoms with Crippen LogP contribution >= 0.6 is 23.2 Å². The van der Waals surface area contributed by atoms with Crippen LogP contribution in [0.1, 0.15) is 5.56 Å². The normalized spacial score (nSPS) is 10.3. The second-order valence-corrected chi connectivity index (χ2v) is 3.94.